The first-order valence-corrected chi connectivity index (χ1v) is 11.9. The molecule has 4 aromatic rings. The third-order valence-electron chi connectivity index (χ3n) is 5.79. The first-order chi connectivity index (χ1) is 17.0. The molecule has 3 aromatic carbocycles. The Hall–Kier alpha value is -4.17. The minimum atomic E-state index is -0.828. The zero-order valence-electron chi connectivity index (χ0n) is 19.1. The Kier molecular flexibility index (Phi) is 5.96. The monoisotopic (exact) mass is 486 g/mol. The van der Waals surface area contributed by atoms with Crippen molar-refractivity contribution in [1.82, 2.24) is 4.98 Å². The molecule has 1 amide bonds. The summed E-state index contributed by atoms with van der Waals surface area (Å²) in [5.74, 6) is -0.427. The molecule has 176 valence electrons. The topological polar surface area (TPSA) is 89.0 Å². The second kappa shape index (κ2) is 9.23. The van der Waals surface area contributed by atoms with Gasteiger partial charge in [-0.2, -0.15) is 0 Å². The summed E-state index contributed by atoms with van der Waals surface area (Å²) in [5, 5.41) is 11.6. The number of carbonyl (C=O) groups excluding carboxylic acids is 2. The molecule has 1 saturated heterocycles. The third-order valence-corrected chi connectivity index (χ3v) is 6.81. The normalized spacial score (nSPS) is 17.2. The molecule has 1 atom stereocenters. The molecular formula is C27H22N2O5S. The Labute approximate surface area is 205 Å². The van der Waals surface area contributed by atoms with Crippen LogP contribution in [0.3, 0.4) is 0 Å². The van der Waals surface area contributed by atoms with E-state index in [1.807, 2.05) is 49.4 Å². The molecule has 0 unspecified atom stereocenters. The predicted octanol–water partition coefficient (Wildman–Crippen LogP) is 5.33. The molecule has 0 aliphatic carbocycles. The highest BCUT2D eigenvalue weighted by Crippen LogP contribution is 2.44. The van der Waals surface area contributed by atoms with Gasteiger partial charge >= 0.3 is 5.91 Å². The Bertz CT molecular complexity index is 1440. The van der Waals surface area contributed by atoms with Crippen LogP contribution in [0.1, 0.15) is 24.1 Å². The van der Waals surface area contributed by atoms with Crippen LogP contribution in [0.2, 0.25) is 0 Å². The molecule has 1 N–H and O–H groups in total. The SMILES string of the molecule is CCOc1ccc(/C(O)=C2\C(=O)C(=O)N(c3nc4ccc(OC)cc4s3)[C@H]2c2ccccc2)cc1. The summed E-state index contributed by atoms with van der Waals surface area (Å²) in [6, 6.07) is 20.5. The van der Waals surface area contributed by atoms with Crippen molar-refractivity contribution in [3.63, 3.8) is 0 Å². The maximum absolute atomic E-state index is 13.3. The van der Waals surface area contributed by atoms with Gasteiger partial charge in [0.2, 0.25) is 0 Å². The Balaban J connectivity index is 1.66. The molecule has 5 rings (SSSR count). The van der Waals surface area contributed by atoms with Gasteiger partial charge in [-0.25, -0.2) is 4.98 Å². The summed E-state index contributed by atoms with van der Waals surface area (Å²) in [7, 11) is 1.58. The predicted molar refractivity (Wildman–Crippen MR) is 135 cm³/mol. The lowest BCUT2D eigenvalue weighted by molar-refractivity contribution is -0.132. The molecule has 2 heterocycles. The molecule has 0 bridgehead atoms. The lowest BCUT2D eigenvalue weighted by Crippen LogP contribution is -2.29. The van der Waals surface area contributed by atoms with E-state index in [2.05, 4.69) is 4.98 Å². The van der Waals surface area contributed by atoms with Crippen LogP contribution in [0.25, 0.3) is 16.0 Å². The highest BCUT2D eigenvalue weighted by atomic mass is 32.1. The van der Waals surface area contributed by atoms with Gasteiger partial charge in [-0.1, -0.05) is 41.7 Å². The number of rotatable bonds is 6. The fourth-order valence-corrected chi connectivity index (χ4v) is 5.16. The van der Waals surface area contributed by atoms with Crippen LogP contribution in [0, 0.1) is 0 Å². The van der Waals surface area contributed by atoms with E-state index in [-0.39, 0.29) is 11.3 Å². The van der Waals surface area contributed by atoms with Crippen LogP contribution in [0.5, 0.6) is 11.5 Å². The van der Waals surface area contributed by atoms with Gasteiger partial charge in [-0.05, 0) is 55.0 Å². The van der Waals surface area contributed by atoms with E-state index in [1.54, 1.807) is 37.4 Å². The van der Waals surface area contributed by atoms with Crippen molar-refractivity contribution < 1.29 is 24.2 Å². The lowest BCUT2D eigenvalue weighted by Gasteiger charge is -2.22. The number of thiazole rings is 1. The number of anilines is 1. The number of ketones is 1. The molecule has 8 heteroatoms. The first kappa shape index (κ1) is 22.6. The smallest absolute Gasteiger partial charge is 0.301 e. The maximum Gasteiger partial charge on any atom is 0.301 e. The highest BCUT2D eigenvalue weighted by Gasteiger charge is 2.48. The summed E-state index contributed by atoms with van der Waals surface area (Å²) in [4.78, 5) is 32.6. The van der Waals surface area contributed by atoms with Crippen LogP contribution in [0.4, 0.5) is 5.13 Å². The molecule has 7 nitrogen and oxygen atoms in total. The van der Waals surface area contributed by atoms with E-state index >= 15 is 0 Å². The number of aromatic nitrogens is 1. The number of benzene rings is 3. The van der Waals surface area contributed by atoms with Crippen molar-refractivity contribution in [3.05, 3.63) is 89.5 Å². The number of Topliss-reactive ketones (excluding diaryl/α,β-unsaturated/α-hetero) is 1. The molecule has 0 radical (unpaired) electrons. The fourth-order valence-electron chi connectivity index (χ4n) is 4.13. The van der Waals surface area contributed by atoms with E-state index in [1.165, 1.54) is 16.2 Å². The molecular weight excluding hydrogens is 464 g/mol. The first-order valence-electron chi connectivity index (χ1n) is 11.1. The largest absolute Gasteiger partial charge is 0.507 e. The summed E-state index contributed by atoms with van der Waals surface area (Å²) >= 11 is 1.29. The van der Waals surface area contributed by atoms with Gasteiger partial charge in [0.1, 0.15) is 17.3 Å². The van der Waals surface area contributed by atoms with Gasteiger partial charge < -0.3 is 14.6 Å². The maximum atomic E-state index is 13.3. The number of methoxy groups -OCH3 is 1. The van der Waals surface area contributed by atoms with Crippen molar-refractivity contribution in [2.45, 2.75) is 13.0 Å². The number of fused-ring (bicyclic) bond motifs is 1. The van der Waals surface area contributed by atoms with E-state index in [0.29, 0.717) is 39.9 Å². The average molecular weight is 487 g/mol. The van der Waals surface area contributed by atoms with Crippen LogP contribution in [-0.2, 0) is 9.59 Å². The van der Waals surface area contributed by atoms with Crippen molar-refractivity contribution in [2.24, 2.45) is 0 Å². The zero-order valence-corrected chi connectivity index (χ0v) is 19.9. The van der Waals surface area contributed by atoms with E-state index < -0.39 is 17.7 Å². The number of aliphatic hydroxyl groups is 1. The number of aliphatic hydroxyl groups excluding tert-OH is 1. The van der Waals surface area contributed by atoms with Crippen molar-refractivity contribution in [3.8, 4) is 11.5 Å². The van der Waals surface area contributed by atoms with Crippen molar-refractivity contribution in [1.29, 1.82) is 0 Å². The summed E-state index contributed by atoms with van der Waals surface area (Å²) in [5.41, 5.74) is 1.81. The zero-order chi connectivity index (χ0) is 24.5. The van der Waals surface area contributed by atoms with Crippen LogP contribution < -0.4 is 14.4 Å². The van der Waals surface area contributed by atoms with E-state index in [4.69, 9.17) is 9.47 Å². The second-order valence-corrected chi connectivity index (χ2v) is 8.88. The van der Waals surface area contributed by atoms with Crippen molar-refractivity contribution >= 4 is 44.1 Å². The van der Waals surface area contributed by atoms with Gasteiger partial charge in [0, 0.05) is 5.56 Å². The van der Waals surface area contributed by atoms with Gasteiger partial charge in [-0.3, -0.25) is 14.5 Å². The van der Waals surface area contributed by atoms with Gasteiger partial charge in [0.05, 0.1) is 35.5 Å². The Morgan fingerprint density at radius 2 is 1.74 bits per heavy atom. The molecule has 0 spiro atoms. The van der Waals surface area contributed by atoms with Gasteiger partial charge in [0.25, 0.3) is 5.78 Å². The average Bonchev–Trinajstić information content (AvgIpc) is 3.42. The number of amides is 1. The summed E-state index contributed by atoms with van der Waals surface area (Å²) in [6.45, 7) is 2.39. The van der Waals surface area contributed by atoms with Gasteiger partial charge in [-0.15, -0.1) is 0 Å². The quantitative estimate of drug-likeness (QED) is 0.225. The number of hydrogen-bond acceptors (Lipinski definition) is 7. The van der Waals surface area contributed by atoms with Crippen LogP contribution >= 0.6 is 11.3 Å². The molecule has 1 aromatic heterocycles. The molecule has 1 aliphatic heterocycles. The third kappa shape index (κ3) is 4.02. The lowest BCUT2D eigenvalue weighted by atomic mass is 9.95. The number of hydrogen-bond donors (Lipinski definition) is 1. The van der Waals surface area contributed by atoms with Gasteiger partial charge in [0.15, 0.2) is 5.13 Å². The minimum absolute atomic E-state index is 0.0159. The minimum Gasteiger partial charge on any atom is -0.507 e. The molecule has 1 aliphatic rings. The standard InChI is InChI=1S/C27H22N2O5S/c1-3-34-18-11-9-17(10-12-18)24(30)22-23(16-7-5-4-6-8-16)29(26(32)25(22)31)27-28-20-14-13-19(33-2)15-21(20)35-27/h4-15,23,30H,3H2,1-2H3/b24-22+/t23-/m0/s1. The molecule has 1 fully saturated rings. The fraction of sp³-hybridized carbons (Fsp3) is 0.148. The number of ether oxygens (including phenoxy) is 2. The van der Waals surface area contributed by atoms with Crippen LogP contribution in [-0.4, -0.2) is 35.5 Å². The highest BCUT2D eigenvalue weighted by molar-refractivity contribution is 7.22. The van der Waals surface area contributed by atoms with Crippen LogP contribution in [0.15, 0.2) is 78.4 Å². The number of carbonyl (C=O) groups is 2. The molecule has 0 saturated carbocycles. The number of nitrogens with zero attached hydrogens (tertiary/aromatic N) is 2. The Morgan fingerprint density at radius 3 is 2.43 bits per heavy atom. The Morgan fingerprint density at radius 1 is 1.03 bits per heavy atom. The van der Waals surface area contributed by atoms with Crippen molar-refractivity contribution in [2.75, 3.05) is 18.6 Å². The summed E-state index contributed by atoms with van der Waals surface area (Å²) < 4.78 is 11.6. The van der Waals surface area contributed by atoms with E-state index in [0.717, 1.165) is 4.70 Å². The second-order valence-electron chi connectivity index (χ2n) is 7.87. The summed E-state index contributed by atoms with van der Waals surface area (Å²) in [6.07, 6.45) is 0. The van der Waals surface area contributed by atoms with E-state index in [9.17, 15) is 14.7 Å². The molecule has 35 heavy (non-hydrogen) atoms.